The van der Waals surface area contributed by atoms with Crippen LogP contribution < -0.4 is 10.1 Å². The van der Waals surface area contributed by atoms with Gasteiger partial charge in [0.2, 0.25) is 0 Å². The van der Waals surface area contributed by atoms with Crippen molar-refractivity contribution in [1.29, 1.82) is 5.41 Å². The first kappa shape index (κ1) is 32.0. The third-order valence-electron chi connectivity index (χ3n) is 10.4. The molecule has 4 aliphatic rings. The molecule has 0 spiro atoms. The van der Waals surface area contributed by atoms with Crippen LogP contribution in [0, 0.1) is 17.7 Å². The van der Waals surface area contributed by atoms with Crippen LogP contribution in [0.15, 0.2) is 53.6 Å². The van der Waals surface area contributed by atoms with Gasteiger partial charge in [-0.3, -0.25) is 9.29 Å². The zero-order chi connectivity index (χ0) is 31.8. The number of ether oxygens (including phenoxy) is 1. The van der Waals surface area contributed by atoms with E-state index < -0.39 is 18.3 Å². The Balaban J connectivity index is 1.26. The van der Waals surface area contributed by atoms with Gasteiger partial charge in [0.25, 0.3) is 0 Å². The van der Waals surface area contributed by atoms with Gasteiger partial charge in [-0.05, 0) is 106 Å². The van der Waals surface area contributed by atoms with Crippen LogP contribution in [0.2, 0.25) is 0 Å². The SMILES string of the molecule is CC/C(=C(/B1OC(C)(C)C(C)(C)O1)c1ccc(NC2CCC3=C([CH]3)CC2)c(C=N)c1)c1ccc(OCCN2CC(CF)C2)cc1. The Hall–Kier alpha value is -2.94. The van der Waals surface area contributed by atoms with Crippen molar-refractivity contribution < 1.29 is 18.4 Å². The van der Waals surface area contributed by atoms with E-state index in [1.165, 1.54) is 6.21 Å². The van der Waals surface area contributed by atoms with Crippen molar-refractivity contribution in [3.05, 3.63) is 76.7 Å². The highest BCUT2D eigenvalue weighted by molar-refractivity contribution is 6.71. The van der Waals surface area contributed by atoms with Crippen molar-refractivity contribution in [2.45, 2.75) is 84.0 Å². The van der Waals surface area contributed by atoms with Crippen molar-refractivity contribution in [3.63, 3.8) is 0 Å². The maximum Gasteiger partial charge on any atom is 0.495 e. The largest absolute Gasteiger partial charge is 0.495 e. The average molecular weight is 613 g/mol. The predicted octanol–water partition coefficient (Wildman–Crippen LogP) is 7.79. The molecule has 2 N–H and O–H groups in total. The lowest BCUT2D eigenvalue weighted by molar-refractivity contribution is 0.00578. The van der Waals surface area contributed by atoms with Crippen LogP contribution in [0.4, 0.5) is 10.1 Å². The molecule has 0 bridgehead atoms. The lowest BCUT2D eigenvalue weighted by Gasteiger charge is -2.37. The van der Waals surface area contributed by atoms with Crippen molar-refractivity contribution in [2.24, 2.45) is 5.92 Å². The smallest absolute Gasteiger partial charge is 0.492 e. The minimum Gasteiger partial charge on any atom is -0.492 e. The monoisotopic (exact) mass is 612 g/mol. The van der Waals surface area contributed by atoms with Crippen LogP contribution in [0.25, 0.3) is 11.0 Å². The van der Waals surface area contributed by atoms with E-state index in [0.717, 1.165) is 90.9 Å². The second kappa shape index (κ2) is 13.1. The summed E-state index contributed by atoms with van der Waals surface area (Å²) in [6.45, 7) is 13.3. The number of anilines is 1. The third kappa shape index (κ3) is 6.93. The molecule has 1 radical (unpaired) electrons. The van der Waals surface area contributed by atoms with E-state index in [2.05, 4.69) is 81.6 Å². The first-order valence-corrected chi connectivity index (χ1v) is 16.7. The number of alkyl halides is 1. The standard InChI is InChI=1S/C37H48BFN3O3/c1-6-33(26-9-14-32(15-10-26)43-18-17-42-23-25(21-39)24-42)35(38-44-36(2,3)37(4,5)45-38)29-11-16-34(30(20-29)22-40)41-31-12-7-27-19-28(27)8-13-31/h9-11,14-16,19-20,22,25,31,40-41H,6-8,12-13,17-18,21,23-24H2,1-5H3/b35-33-,40-22?. The molecule has 2 aromatic carbocycles. The zero-order valence-corrected chi connectivity index (χ0v) is 27.5. The topological polar surface area (TPSA) is 66.8 Å². The number of nitrogens with one attached hydrogen (secondary N) is 2. The molecule has 2 heterocycles. The molecule has 0 amide bonds. The first-order chi connectivity index (χ1) is 21.6. The summed E-state index contributed by atoms with van der Waals surface area (Å²) in [6, 6.07) is 15.0. The lowest BCUT2D eigenvalue weighted by atomic mass is 9.69. The van der Waals surface area contributed by atoms with Crippen molar-refractivity contribution in [2.75, 3.05) is 38.2 Å². The van der Waals surface area contributed by atoms with Gasteiger partial charge in [0, 0.05) is 55.5 Å². The minimum absolute atomic E-state index is 0.188. The summed E-state index contributed by atoms with van der Waals surface area (Å²) in [7, 11) is -0.554. The summed E-state index contributed by atoms with van der Waals surface area (Å²) in [4.78, 5) is 2.23. The Bertz CT molecular complexity index is 1430. The zero-order valence-electron chi connectivity index (χ0n) is 27.5. The summed E-state index contributed by atoms with van der Waals surface area (Å²) in [5.74, 6) is 1.01. The Morgan fingerprint density at radius 3 is 2.27 bits per heavy atom. The Kier molecular flexibility index (Phi) is 9.29. The second-order valence-corrected chi connectivity index (χ2v) is 14.0. The van der Waals surface area contributed by atoms with E-state index in [-0.39, 0.29) is 12.6 Å². The molecule has 2 saturated heterocycles. The van der Waals surface area contributed by atoms with Gasteiger partial charge in [0.15, 0.2) is 0 Å². The lowest BCUT2D eigenvalue weighted by Crippen LogP contribution is -2.49. The molecule has 0 atom stereocenters. The summed E-state index contributed by atoms with van der Waals surface area (Å²) < 4.78 is 32.1. The highest BCUT2D eigenvalue weighted by Crippen LogP contribution is 2.44. The number of hydrogen-bond donors (Lipinski definition) is 2. The predicted molar refractivity (Wildman–Crippen MR) is 183 cm³/mol. The number of allylic oxidation sites excluding steroid dienone is 3. The molecule has 2 aliphatic heterocycles. The molecule has 0 unspecified atom stereocenters. The average Bonchev–Trinajstić information content (AvgIpc) is 3.74. The normalized spacial score (nSPS) is 22.0. The molecule has 239 valence electrons. The van der Waals surface area contributed by atoms with E-state index >= 15 is 0 Å². The molecule has 0 saturated carbocycles. The Morgan fingerprint density at radius 1 is 1.02 bits per heavy atom. The van der Waals surface area contributed by atoms with Crippen molar-refractivity contribution in [1.82, 2.24) is 4.90 Å². The van der Waals surface area contributed by atoms with E-state index in [9.17, 15) is 4.39 Å². The molecule has 0 aromatic heterocycles. The Morgan fingerprint density at radius 2 is 1.67 bits per heavy atom. The van der Waals surface area contributed by atoms with Gasteiger partial charge in [-0.1, -0.05) is 36.3 Å². The van der Waals surface area contributed by atoms with Crippen LogP contribution in [0.1, 0.15) is 83.4 Å². The fraction of sp³-hybridized carbons (Fsp3) is 0.514. The maximum atomic E-state index is 12.7. The van der Waals surface area contributed by atoms with Gasteiger partial charge in [-0.2, -0.15) is 0 Å². The Labute approximate surface area is 269 Å². The highest BCUT2D eigenvalue weighted by atomic mass is 19.1. The molecule has 6 rings (SSSR count). The van der Waals surface area contributed by atoms with Crippen LogP contribution in [0.3, 0.4) is 0 Å². The summed E-state index contributed by atoms with van der Waals surface area (Å²) in [5, 5.41) is 12.1. The number of benzene rings is 2. The van der Waals surface area contributed by atoms with Gasteiger partial charge in [0.1, 0.15) is 12.4 Å². The van der Waals surface area contributed by atoms with Crippen LogP contribution in [-0.2, 0) is 9.31 Å². The van der Waals surface area contributed by atoms with Crippen LogP contribution in [0.5, 0.6) is 5.75 Å². The fourth-order valence-corrected chi connectivity index (χ4v) is 6.75. The summed E-state index contributed by atoms with van der Waals surface area (Å²) in [6.07, 6.45) is 9.08. The number of hydrogen-bond acceptors (Lipinski definition) is 6. The molecule has 45 heavy (non-hydrogen) atoms. The minimum atomic E-state index is -0.554. The molecule has 6 nitrogen and oxygen atoms in total. The van der Waals surface area contributed by atoms with Gasteiger partial charge in [-0.15, -0.1) is 0 Å². The van der Waals surface area contributed by atoms with Crippen molar-refractivity contribution >= 4 is 30.1 Å². The van der Waals surface area contributed by atoms with Gasteiger partial charge < -0.3 is 24.8 Å². The third-order valence-corrected chi connectivity index (χ3v) is 10.4. The van der Waals surface area contributed by atoms with E-state index in [4.69, 9.17) is 19.5 Å². The van der Waals surface area contributed by atoms with Gasteiger partial charge in [0.05, 0.1) is 17.9 Å². The molecule has 2 aromatic rings. The van der Waals surface area contributed by atoms with E-state index in [0.29, 0.717) is 12.6 Å². The quantitative estimate of drug-likeness (QED) is 0.146. The number of nitrogens with zero attached hydrogens (tertiary/aromatic N) is 1. The molecular weight excluding hydrogens is 564 g/mol. The maximum absolute atomic E-state index is 12.7. The molecule has 2 aliphatic carbocycles. The van der Waals surface area contributed by atoms with Gasteiger partial charge >= 0.3 is 7.12 Å². The molecule has 8 heteroatoms. The molecular formula is C37H48BFN3O3. The van der Waals surface area contributed by atoms with E-state index in [1.54, 1.807) is 11.1 Å². The van der Waals surface area contributed by atoms with Crippen LogP contribution >= 0.6 is 0 Å². The first-order valence-electron chi connectivity index (χ1n) is 16.7. The van der Waals surface area contributed by atoms with Crippen LogP contribution in [-0.4, -0.2) is 68.4 Å². The molecule has 2 fully saturated rings. The highest BCUT2D eigenvalue weighted by Gasteiger charge is 2.53. The van der Waals surface area contributed by atoms with Crippen molar-refractivity contribution in [3.8, 4) is 5.75 Å². The second-order valence-electron chi connectivity index (χ2n) is 14.0. The number of likely N-dealkylation sites (tertiary alicyclic amines) is 1. The summed E-state index contributed by atoms with van der Waals surface area (Å²) >= 11 is 0. The fourth-order valence-electron chi connectivity index (χ4n) is 6.75. The number of halogens is 1. The van der Waals surface area contributed by atoms with E-state index in [1.807, 2.05) is 12.1 Å². The van der Waals surface area contributed by atoms with Gasteiger partial charge in [-0.25, -0.2) is 0 Å². The number of rotatable bonds is 12. The summed E-state index contributed by atoms with van der Waals surface area (Å²) in [5.41, 5.74) is 8.21.